The Balaban J connectivity index is 1.44. The smallest absolute Gasteiger partial charge is 0.222 e. The molecule has 3 heterocycles. The second kappa shape index (κ2) is 11.0. The molecule has 2 aliphatic rings. The zero-order valence-electron chi connectivity index (χ0n) is 19.5. The van der Waals surface area contributed by atoms with Crippen LogP contribution in [0.2, 0.25) is 0 Å². The Kier molecular flexibility index (Phi) is 7.65. The predicted molar refractivity (Wildman–Crippen MR) is 133 cm³/mol. The number of amides is 1. The quantitative estimate of drug-likeness (QED) is 0.518. The monoisotopic (exact) mass is 449 g/mol. The summed E-state index contributed by atoms with van der Waals surface area (Å²) < 4.78 is 0. The van der Waals surface area contributed by atoms with Gasteiger partial charge in [0.05, 0.1) is 12.5 Å². The molecule has 1 atom stereocenters. The van der Waals surface area contributed by atoms with Crippen LogP contribution in [0.25, 0.3) is 0 Å². The van der Waals surface area contributed by atoms with Crippen molar-refractivity contribution in [2.24, 2.45) is 16.6 Å². The molecule has 2 aliphatic heterocycles. The maximum atomic E-state index is 11.7. The van der Waals surface area contributed by atoms with Gasteiger partial charge in [0.25, 0.3) is 0 Å². The van der Waals surface area contributed by atoms with Crippen LogP contribution in [0.4, 0.5) is 11.5 Å². The van der Waals surface area contributed by atoms with Gasteiger partial charge in [0.15, 0.2) is 5.96 Å². The maximum absolute atomic E-state index is 11.7. The van der Waals surface area contributed by atoms with Gasteiger partial charge in [-0.15, -0.1) is 0 Å². The molecule has 1 aromatic heterocycles. The number of para-hydroxylation sites is 1. The Labute approximate surface area is 196 Å². The van der Waals surface area contributed by atoms with Crippen molar-refractivity contribution in [1.82, 2.24) is 15.2 Å². The molecule has 1 amide bonds. The Morgan fingerprint density at radius 3 is 2.61 bits per heavy atom. The number of hydrogen-bond acceptors (Lipinski definition) is 5. The summed E-state index contributed by atoms with van der Waals surface area (Å²) in [6, 6.07) is 14.6. The fourth-order valence-electron chi connectivity index (χ4n) is 4.64. The highest BCUT2D eigenvalue weighted by molar-refractivity contribution is 5.80. The van der Waals surface area contributed by atoms with Crippen LogP contribution in [0.3, 0.4) is 0 Å². The fourth-order valence-corrected chi connectivity index (χ4v) is 4.64. The van der Waals surface area contributed by atoms with Gasteiger partial charge in [0.1, 0.15) is 5.82 Å². The first-order valence-electron chi connectivity index (χ1n) is 12.0. The predicted octanol–water partition coefficient (Wildman–Crippen LogP) is 2.07. The van der Waals surface area contributed by atoms with Crippen LogP contribution in [0.5, 0.6) is 0 Å². The van der Waals surface area contributed by atoms with E-state index in [1.165, 1.54) is 5.69 Å². The topological polar surface area (TPSA) is 90.1 Å². The van der Waals surface area contributed by atoms with Crippen molar-refractivity contribution >= 4 is 23.4 Å². The summed E-state index contributed by atoms with van der Waals surface area (Å²) in [5.74, 6) is 1.51. The van der Waals surface area contributed by atoms with Gasteiger partial charge in [-0.25, -0.2) is 9.98 Å². The van der Waals surface area contributed by atoms with Gasteiger partial charge in [-0.2, -0.15) is 0 Å². The molecule has 2 fully saturated rings. The van der Waals surface area contributed by atoms with Gasteiger partial charge in [-0.3, -0.25) is 4.79 Å². The number of benzene rings is 1. The molecule has 8 nitrogen and oxygen atoms in total. The van der Waals surface area contributed by atoms with E-state index >= 15 is 0 Å². The second-order valence-corrected chi connectivity index (χ2v) is 8.65. The number of guanidine groups is 1. The minimum atomic E-state index is -0.223. The number of aliphatic imine (C=N–C) groups is 1. The van der Waals surface area contributed by atoms with E-state index in [1.54, 1.807) is 0 Å². The number of piperidine rings is 1. The summed E-state index contributed by atoms with van der Waals surface area (Å²) in [5, 5.41) is 3.46. The van der Waals surface area contributed by atoms with Gasteiger partial charge in [-0.1, -0.05) is 24.3 Å². The lowest BCUT2D eigenvalue weighted by Gasteiger charge is -2.37. The average Bonchev–Trinajstić information content (AvgIpc) is 2.87. The van der Waals surface area contributed by atoms with Crippen molar-refractivity contribution in [3.8, 4) is 0 Å². The summed E-state index contributed by atoms with van der Waals surface area (Å²) in [6.07, 6.45) is 3.61. The lowest BCUT2D eigenvalue weighted by Crippen LogP contribution is -2.52. The maximum Gasteiger partial charge on any atom is 0.222 e. The number of aromatic nitrogens is 1. The summed E-state index contributed by atoms with van der Waals surface area (Å²) in [7, 11) is 0. The lowest BCUT2D eigenvalue weighted by molar-refractivity contribution is -0.122. The van der Waals surface area contributed by atoms with Gasteiger partial charge in [0, 0.05) is 63.3 Å². The van der Waals surface area contributed by atoms with Crippen molar-refractivity contribution in [2.45, 2.75) is 26.3 Å². The molecule has 0 spiro atoms. The molecule has 1 aromatic carbocycles. The molecule has 176 valence electrons. The van der Waals surface area contributed by atoms with Crippen molar-refractivity contribution in [1.29, 1.82) is 0 Å². The first-order valence-corrected chi connectivity index (χ1v) is 12.0. The molecule has 4 rings (SSSR count). The standard InChI is InChI=1S/C25H35N7O/c1-2-27-25(31-16-14-30(15-17-31)22-10-4-3-5-11-22)29-18-20-8-6-12-28-24(20)32-13-7-9-21(19-32)23(26)33/h3-6,8,10-12,21H,2,7,9,13-19H2,1H3,(H2,26,33)(H,27,29). The van der Waals surface area contributed by atoms with Gasteiger partial charge >= 0.3 is 0 Å². The number of pyridine rings is 1. The molecule has 33 heavy (non-hydrogen) atoms. The Morgan fingerprint density at radius 2 is 1.88 bits per heavy atom. The molecule has 2 aromatic rings. The number of rotatable bonds is 6. The van der Waals surface area contributed by atoms with Gasteiger partial charge < -0.3 is 25.8 Å². The molecule has 3 N–H and O–H groups in total. The lowest BCUT2D eigenvalue weighted by atomic mass is 9.97. The highest BCUT2D eigenvalue weighted by Gasteiger charge is 2.26. The van der Waals surface area contributed by atoms with E-state index in [1.807, 2.05) is 12.3 Å². The van der Waals surface area contributed by atoms with Crippen molar-refractivity contribution in [3.05, 3.63) is 54.2 Å². The molecule has 0 bridgehead atoms. The highest BCUT2D eigenvalue weighted by Crippen LogP contribution is 2.25. The Bertz CT molecular complexity index is 941. The van der Waals surface area contributed by atoms with Crippen LogP contribution in [-0.4, -0.2) is 67.6 Å². The zero-order valence-corrected chi connectivity index (χ0v) is 19.5. The molecular formula is C25H35N7O. The van der Waals surface area contributed by atoms with Gasteiger partial charge in [0.2, 0.25) is 5.91 Å². The van der Waals surface area contributed by atoms with Gasteiger partial charge in [-0.05, 0) is 38.0 Å². The molecule has 0 aliphatic carbocycles. The van der Waals surface area contributed by atoms with Crippen molar-refractivity contribution < 1.29 is 4.79 Å². The Morgan fingerprint density at radius 1 is 1.09 bits per heavy atom. The second-order valence-electron chi connectivity index (χ2n) is 8.65. The van der Waals surface area contributed by atoms with E-state index in [0.717, 1.165) is 69.5 Å². The minimum Gasteiger partial charge on any atom is -0.369 e. The first-order chi connectivity index (χ1) is 16.2. The third-order valence-corrected chi connectivity index (χ3v) is 6.43. The largest absolute Gasteiger partial charge is 0.369 e. The molecule has 2 saturated heterocycles. The summed E-state index contributed by atoms with van der Waals surface area (Å²) in [4.78, 5) is 28.3. The first kappa shape index (κ1) is 22.9. The number of carbonyl (C=O) groups is 1. The van der Waals surface area contributed by atoms with E-state index in [-0.39, 0.29) is 11.8 Å². The minimum absolute atomic E-state index is 0.115. The zero-order chi connectivity index (χ0) is 23.0. The molecule has 1 unspecified atom stereocenters. The number of hydrogen-bond donors (Lipinski definition) is 2. The SMILES string of the molecule is CCNC(=NCc1cccnc1N1CCCC(C(N)=O)C1)N1CCN(c2ccccc2)CC1. The number of carbonyl (C=O) groups excluding carboxylic acids is 1. The number of piperazine rings is 1. The van der Waals surface area contributed by atoms with E-state index in [2.05, 4.69) is 68.3 Å². The van der Waals surface area contributed by atoms with E-state index in [9.17, 15) is 4.79 Å². The number of nitrogens with one attached hydrogen (secondary N) is 1. The van der Waals surface area contributed by atoms with Crippen LogP contribution in [0, 0.1) is 5.92 Å². The highest BCUT2D eigenvalue weighted by atomic mass is 16.1. The summed E-state index contributed by atoms with van der Waals surface area (Å²) in [5.41, 5.74) is 7.93. The van der Waals surface area contributed by atoms with Crippen LogP contribution in [-0.2, 0) is 11.3 Å². The van der Waals surface area contributed by atoms with Crippen LogP contribution >= 0.6 is 0 Å². The van der Waals surface area contributed by atoms with E-state index < -0.39 is 0 Å². The molecular weight excluding hydrogens is 414 g/mol. The number of primary amides is 1. The molecule has 0 radical (unpaired) electrons. The third-order valence-electron chi connectivity index (χ3n) is 6.43. The van der Waals surface area contributed by atoms with E-state index in [0.29, 0.717) is 13.1 Å². The van der Waals surface area contributed by atoms with Crippen LogP contribution in [0.15, 0.2) is 53.7 Å². The third kappa shape index (κ3) is 5.74. The van der Waals surface area contributed by atoms with Crippen molar-refractivity contribution in [2.75, 3.05) is 55.6 Å². The van der Waals surface area contributed by atoms with Crippen molar-refractivity contribution in [3.63, 3.8) is 0 Å². The number of anilines is 2. The van der Waals surface area contributed by atoms with Crippen LogP contribution < -0.4 is 20.9 Å². The number of nitrogens with zero attached hydrogens (tertiary/aromatic N) is 5. The molecule has 8 heteroatoms. The van der Waals surface area contributed by atoms with Crippen LogP contribution in [0.1, 0.15) is 25.3 Å². The van der Waals surface area contributed by atoms with E-state index in [4.69, 9.17) is 10.7 Å². The summed E-state index contributed by atoms with van der Waals surface area (Å²) >= 11 is 0. The summed E-state index contributed by atoms with van der Waals surface area (Å²) in [6.45, 7) is 8.77. The fraction of sp³-hybridized carbons (Fsp3) is 0.480. The number of nitrogens with two attached hydrogens (primary N) is 1. The normalized spacial score (nSPS) is 19.5. The Hall–Kier alpha value is -3.29. The molecule has 0 saturated carbocycles. The average molecular weight is 450 g/mol.